The minimum atomic E-state index is 0.250. The summed E-state index contributed by atoms with van der Waals surface area (Å²) in [6, 6.07) is 0.504. The maximum Gasteiger partial charge on any atom is 0.203 e. The molecule has 0 aliphatic carbocycles. The van der Waals surface area contributed by atoms with E-state index in [1.807, 2.05) is 6.92 Å². The lowest BCUT2D eigenvalue weighted by Gasteiger charge is -2.24. The zero-order valence-electron chi connectivity index (χ0n) is 12.9. The van der Waals surface area contributed by atoms with Gasteiger partial charge in [0.25, 0.3) is 0 Å². The average molecular weight is 269 g/mol. The summed E-state index contributed by atoms with van der Waals surface area (Å²) in [6.45, 7) is 9.81. The minimum Gasteiger partial charge on any atom is -0.383 e. The second-order valence-corrected chi connectivity index (χ2v) is 5.37. The molecule has 2 unspecified atom stereocenters. The van der Waals surface area contributed by atoms with Crippen LogP contribution in [0.25, 0.3) is 0 Å². The van der Waals surface area contributed by atoms with Crippen LogP contribution in [0.2, 0.25) is 0 Å². The third-order valence-electron chi connectivity index (χ3n) is 3.20. The first-order chi connectivity index (χ1) is 8.99. The molecular weight excluding hydrogens is 242 g/mol. The summed E-state index contributed by atoms with van der Waals surface area (Å²) in [4.78, 5) is 4.56. The van der Waals surface area contributed by atoms with Crippen LogP contribution in [0.1, 0.15) is 32.5 Å². The minimum absolute atomic E-state index is 0.250. The van der Waals surface area contributed by atoms with Gasteiger partial charge in [0.05, 0.1) is 31.0 Å². The molecule has 1 heterocycles. The smallest absolute Gasteiger partial charge is 0.203 e. The lowest BCUT2D eigenvalue weighted by Crippen LogP contribution is -2.32. The number of anilines is 1. The van der Waals surface area contributed by atoms with E-state index >= 15 is 0 Å². The van der Waals surface area contributed by atoms with Gasteiger partial charge < -0.3 is 19.4 Å². The van der Waals surface area contributed by atoms with E-state index in [0.29, 0.717) is 19.1 Å². The molecule has 1 rings (SSSR count). The molecule has 1 aromatic rings. The molecule has 0 saturated heterocycles. The van der Waals surface area contributed by atoms with E-state index in [0.717, 1.165) is 11.6 Å². The Labute approximate surface area is 116 Å². The molecule has 0 aliphatic rings. The Bertz CT molecular complexity index is 377. The van der Waals surface area contributed by atoms with E-state index in [-0.39, 0.29) is 12.1 Å². The van der Waals surface area contributed by atoms with Crippen LogP contribution in [0.5, 0.6) is 0 Å². The van der Waals surface area contributed by atoms with Crippen molar-refractivity contribution in [2.45, 2.75) is 39.8 Å². The van der Waals surface area contributed by atoms with Crippen molar-refractivity contribution >= 4 is 5.95 Å². The lowest BCUT2D eigenvalue weighted by molar-refractivity contribution is 0.161. The van der Waals surface area contributed by atoms with Crippen LogP contribution in [-0.4, -0.2) is 43.0 Å². The third kappa shape index (κ3) is 4.51. The van der Waals surface area contributed by atoms with Crippen LogP contribution in [0.3, 0.4) is 0 Å². The summed E-state index contributed by atoms with van der Waals surface area (Å²) < 4.78 is 12.6. The number of rotatable bonds is 8. The predicted molar refractivity (Wildman–Crippen MR) is 77.7 cm³/mol. The SMILES string of the molecule is COCC(Nc1nc(C)cn1C(C)COC)C(C)C. The summed E-state index contributed by atoms with van der Waals surface area (Å²) in [5.74, 6) is 1.36. The average Bonchev–Trinajstić information content (AvgIpc) is 2.70. The summed E-state index contributed by atoms with van der Waals surface area (Å²) in [5, 5.41) is 3.48. The van der Waals surface area contributed by atoms with E-state index < -0.39 is 0 Å². The van der Waals surface area contributed by atoms with Gasteiger partial charge in [-0.2, -0.15) is 0 Å². The number of nitrogens with one attached hydrogen (secondary N) is 1. The lowest BCUT2D eigenvalue weighted by atomic mass is 10.1. The molecule has 0 aliphatic heterocycles. The van der Waals surface area contributed by atoms with E-state index in [9.17, 15) is 0 Å². The van der Waals surface area contributed by atoms with Crippen molar-refractivity contribution in [1.82, 2.24) is 9.55 Å². The molecule has 0 radical (unpaired) electrons. The Balaban J connectivity index is 2.86. The fourth-order valence-electron chi connectivity index (χ4n) is 2.03. The van der Waals surface area contributed by atoms with E-state index in [2.05, 4.69) is 41.8 Å². The van der Waals surface area contributed by atoms with Gasteiger partial charge >= 0.3 is 0 Å². The van der Waals surface area contributed by atoms with Crippen LogP contribution in [0.4, 0.5) is 5.95 Å². The molecule has 2 atom stereocenters. The molecule has 19 heavy (non-hydrogen) atoms. The first-order valence-electron chi connectivity index (χ1n) is 6.79. The van der Waals surface area contributed by atoms with Crippen molar-refractivity contribution < 1.29 is 9.47 Å². The van der Waals surface area contributed by atoms with Gasteiger partial charge in [0.1, 0.15) is 0 Å². The zero-order valence-corrected chi connectivity index (χ0v) is 12.9. The second-order valence-electron chi connectivity index (χ2n) is 5.37. The zero-order chi connectivity index (χ0) is 14.4. The number of aryl methyl sites for hydroxylation is 1. The molecule has 0 spiro atoms. The quantitative estimate of drug-likeness (QED) is 0.787. The Kier molecular flexibility index (Phi) is 6.31. The second kappa shape index (κ2) is 7.50. The van der Waals surface area contributed by atoms with Gasteiger partial charge in [-0.05, 0) is 19.8 Å². The summed E-state index contributed by atoms with van der Waals surface area (Å²) in [6.07, 6.45) is 2.05. The maximum absolute atomic E-state index is 5.27. The van der Waals surface area contributed by atoms with Crippen molar-refractivity contribution in [3.63, 3.8) is 0 Å². The number of aromatic nitrogens is 2. The molecule has 1 N–H and O–H groups in total. The number of nitrogens with zero attached hydrogens (tertiary/aromatic N) is 2. The molecule has 1 aromatic heterocycles. The number of ether oxygens (including phenoxy) is 2. The van der Waals surface area contributed by atoms with E-state index in [1.165, 1.54) is 0 Å². The number of hydrogen-bond donors (Lipinski definition) is 1. The van der Waals surface area contributed by atoms with Crippen molar-refractivity contribution in [2.75, 3.05) is 32.8 Å². The van der Waals surface area contributed by atoms with Crippen LogP contribution in [-0.2, 0) is 9.47 Å². The summed E-state index contributed by atoms with van der Waals surface area (Å²) >= 11 is 0. The number of imidazole rings is 1. The molecule has 110 valence electrons. The fourth-order valence-corrected chi connectivity index (χ4v) is 2.03. The van der Waals surface area contributed by atoms with Gasteiger partial charge in [-0.25, -0.2) is 4.98 Å². The Morgan fingerprint density at radius 3 is 2.37 bits per heavy atom. The number of hydrogen-bond acceptors (Lipinski definition) is 4. The van der Waals surface area contributed by atoms with E-state index in [4.69, 9.17) is 9.47 Å². The summed E-state index contributed by atoms with van der Waals surface area (Å²) in [7, 11) is 3.44. The highest BCUT2D eigenvalue weighted by Crippen LogP contribution is 2.18. The fraction of sp³-hybridized carbons (Fsp3) is 0.786. The number of methoxy groups -OCH3 is 2. The first kappa shape index (κ1) is 16.0. The Hall–Kier alpha value is -1.07. The Morgan fingerprint density at radius 2 is 1.84 bits per heavy atom. The van der Waals surface area contributed by atoms with Crippen molar-refractivity contribution in [3.05, 3.63) is 11.9 Å². The topological polar surface area (TPSA) is 48.3 Å². The predicted octanol–water partition coefficient (Wildman–Crippen LogP) is 2.48. The molecule has 0 fully saturated rings. The molecule has 5 heteroatoms. The monoisotopic (exact) mass is 269 g/mol. The van der Waals surface area contributed by atoms with Crippen LogP contribution in [0.15, 0.2) is 6.20 Å². The first-order valence-corrected chi connectivity index (χ1v) is 6.79. The van der Waals surface area contributed by atoms with Gasteiger partial charge in [-0.15, -0.1) is 0 Å². The molecule has 0 aromatic carbocycles. The van der Waals surface area contributed by atoms with Gasteiger partial charge in [0.15, 0.2) is 0 Å². The van der Waals surface area contributed by atoms with Crippen LogP contribution in [0, 0.1) is 12.8 Å². The van der Waals surface area contributed by atoms with Crippen LogP contribution < -0.4 is 5.32 Å². The molecular formula is C14H27N3O2. The third-order valence-corrected chi connectivity index (χ3v) is 3.20. The van der Waals surface area contributed by atoms with Crippen molar-refractivity contribution in [1.29, 1.82) is 0 Å². The molecule has 0 bridgehead atoms. The maximum atomic E-state index is 5.27. The van der Waals surface area contributed by atoms with Crippen LogP contribution >= 0.6 is 0 Å². The molecule has 5 nitrogen and oxygen atoms in total. The van der Waals surface area contributed by atoms with Gasteiger partial charge in [0.2, 0.25) is 5.95 Å². The molecule has 0 amide bonds. The van der Waals surface area contributed by atoms with E-state index in [1.54, 1.807) is 14.2 Å². The standard InChI is InChI=1S/C14H27N3O2/c1-10(2)13(9-19-6)16-14-15-11(3)7-17(14)12(4)8-18-5/h7,10,12-13H,8-9H2,1-6H3,(H,15,16). The molecule has 0 saturated carbocycles. The highest BCUT2D eigenvalue weighted by molar-refractivity contribution is 5.31. The summed E-state index contributed by atoms with van der Waals surface area (Å²) in [5.41, 5.74) is 1.00. The van der Waals surface area contributed by atoms with Gasteiger partial charge in [-0.1, -0.05) is 13.8 Å². The van der Waals surface area contributed by atoms with Gasteiger partial charge in [0, 0.05) is 20.4 Å². The van der Waals surface area contributed by atoms with Gasteiger partial charge in [-0.3, -0.25) is 0 Å². The highest BCUT2D eigenvalue weighted by Gasteiger charge is 2.18. The normalized spacial score (nSPS) is 14.7. The Morgan fingerprint density at radius 1 is 1.21 bits per heavy atom. The van der Waals surface area contributed by atoms with Crippen molar-refractivity contribution in [2.24, 2.45) is 5.92 Å². The largest absolute Gasteiger partial charge is 0.383 e. The van der Waals surface area contributed by atoms with Crippen molar-refractivity contribution in [3.8, 4) is 0 Å². The highest BCUT2D eigenvalue weighted by atomic mass is 16.5.